The molecule has 23 heavy (non-hydrogen) atoms. The number of nitrogens with one attached hydrogen (secondary N) is 2. The van der Waals surface area contributed by atoms with Gasteiger partial charge in [-0.05, 0) is 5.56 Å². The number of amides is 1. The third kappa shape index (κ3) is 6.08. The topological polar surface area (TPSA) is 87.4 Å². The molecule has 2 unspecified atom stereocenters. The monoisotopic (exact) mass is 341 g/mol. The van der Waals surface area contributed by atoms with E-state index in [0.717, 1.165) is 5.32 Å². The van der Waals surface area contributed by atoms with Crippen molar-refractivity contribution in [2.75, 3.05) is 13.1 Å². The van der Waals surface area contributed by atoms with E-state index in [0.29, 0.717) is 5.56 Å². The second-order valence-corrected chi connectivity index (χ2v) is 4.73. The second kappa shape index (κ2) is 7.66. The van der Waals surface area contributed by atoms with E-state index in [1.54, 1.807) is 30.3 Å². The van der Waals surface area contributed by atoms with Crippen molar-refractivity contribution < 1.29 is 31.9 Å². The van der Waals surface area contributed by atoms with Crippen molar-refractivity contribution in [1.29, 1.82) is 0 Å². The summed E-state index contributed by atoms with van der Waals surface area (Å²) in [5, 5.41) is 12.8. The summed E-state index contributed by atoms with van der Waals surface area (Å²) in [5.74, 6) is -6.60. The molecule has 1 amide bonds. The molecule has 0 radical (unpaired) electrons. The molecule has 0 aliphatic heterocycles. The number of carbonyl (C=O) groups is 1. The largest absolute Gasteiger partial charge is 0.405 e. The van der Waals surface area contributed by atoms with Crippen LogP contribution in [0.2, 0.25) is 0 Å². The average Bonchev–Trinajstić information content (AvgIpc) is 2.49. The Hall–Kier alpha value is -1.78. The molecule has 2 atom stereocenters. The number of rotatable bonds is 7. The molecule has 10 heteroatoms. The first kappa shape index (κ1) is 19.3. The normalized spacial score (nSPS) is 15.1. The van der Waals surface area contributed by atoms with Crippen LogP contribution in [0, 0.1) is 0 Å². The lowest BCUT2D eigenvalue weighted by Gasteiger charge is -2.24. The Balaban J connectivity index is 2.54. The molecular weight excluding hydrogens is 325 g/mol. The number of carbonyl (C=O) groups excluding carboxylic acids is 1. The van der Waals surface area contributed by atoms with E-state index in [1.165, 1.54) is 0 Å². The molecular formula is C13H16F5N3O2. The summed E-state index contributed by atoms with van der Waals surface area (Å²) in [6, 6.07) is 8.25. The number of benzene rings is 1. The van der Waals surface area contributed by atoms with Crippen molar-refractivity contribution in [3.63, 3.8) is 0 Å². The molecule has 0 heterocycles. The highest BCUT2D eigenvalue weighted by Gasteiger charge is 2.47. The van der Waals surface area contributed by atoms with E-state index < -0.39 is 43.4 Å². The number of alkyl halides is 5. The van der Waals surface area contributed by atoms with Crippen LogP contribution < -0.4 is 16.4 Å². The highest BCUT2D eigenvalue weighted by molar-refractivity contribution is 5.84. The first-order valence-corrected chi connectivity index (χ1v) is 6.49. The number of hydrogen-bond donors (Lipinski definition) is 4. The fraction of sp³-hybridized carbons (Fsp3) is 0.462. The van der Waals surface area contributed by atoms with Crippen molar-refractivity contribution >= 4 is 5.91 Å². The summed E-state index contributed by atoms with van der Waals surface area (Å²) in [5.41, 5.74) is 6.21. The summed E-state index contributed by atoms with van der Waals surface area (Å²) in [6.45, 7) is -2.70. The van der Waals surface area contributed by atoms with Crippen LogP contribution in [-0.2, 0) is 4.79 Å². The third-order valence-corrected chi connectivity index (χ3v) is 2.86. The molecule has 0 aliphatic rings. The van der Waals surface area contributed by atoms with Crippen LogP contribution in [0.15, 0.2) is 30.3 Å². The van der Waals surface area contributed by atoms with Gasteiger partial charge in [0.1, 0.15) is 12.6 Å². The maximum Gasteiger partial charge on any atom is 0.405 e. The van der Waals surface area contributed by atoms with Gasteiger partial charge in [0.25, 0.3) is 5.91 Å². The summed E-state index contributed by atoms with van der Waals surface area (Å²) in [6.07, 6.45) is -8.25. The van der Waals surface area contributed by atoms with Gasteiger partial charge in [-0.25, -0.2) is 0 Å². The molecule has 0 aliphatic carbocycles. The summed E-state index contributed by atoms with van der Waals surface area (Å²) in [7, 11) is 0. The Kier molecular flexibility index (Phi) is 6.42. The molecule has 0 bridgehead atoms. The Bertz CT molecular complexity index is 510. The zero-order chi connectivity index (χ0) is 17.7. The third-order valence-electron chi connectivity index (χ3n) is 2.86. The molecule has 5 nitrogen and oxygen atoms in total. The van der Waals surface area contributed by atoms with Gasteiger partial charge in [0, 0.05) is 6.54 Å². The van der Waals surface area contributed by atoms with Gasteiger partial charge in [-0.1, -0.05) is 30.3 Å². The number of hydrogen-bond acceptors (Lipinski definition) is 4. The van der Waals surface area contributed by atoms with Gasteiger partial charge in [0.05, 0.1) is 6.17 Å². The Morgan fingerprint density at radius 1 is 1.17 bits per heavy atom. The van der Waals surface area contributed by atoms with Crippen molar-refractivity contribution in [3.05, 3.63) is 35.9 Å². The van der Waals surface area contributed by atoms with E-state index in [2.05, 4.69) is 5.32 Å². The van der Waals surface area contributed by atoms with Crippen LogP contribution in [0.1, 0.15) is 11.7 Å². The van der Waals surface area contributed by atoms with Crippen LogP contribution >= 0.6 is 0 Å². The number of aliphatic hydroxyl groups excluding tert-OH is 1. The van der Waals surface area contributed by atoms with Crippen LogP contribution in [0.5, 0.6) is 0 Å². The standard InChI is InChI=1S/C13H16F5N3O2/c14-12(15,16)7-21-11(23)13(17,18)9(22)6-20-10(19)8-4-2-1-3-5-8/h1-5,9-10,20,22H,6-7,19H2,(H,21,23). The molecule has 0 aromatic heterocycles. The van der Waals surface area contributed by atoms with E-state index >= 15 is 0 Å². The predicted molar refractivity (Wildman–Crippen MR) is 71.4 cm³/mol. The lowest BCUT2D eigenvalue weighted by atomic mass is 10.1. The highest BCUT2D eigenvalue weighted by atomic mass is 19.4. The predicted octanol–water partition coefficient (Wildman–Crippen LogP) is 0.908. The molecule has 1 rings (SSSR count). The van der Waals surface area contributed by atoms with Gasteiger partial charge >= 0.3 is 12.1 Å². The van der Waals surface area contributed by atoms with Gasteiger partial charge < -0.3 is 16.2 Å². The Morgan fingerprint density at radius 3 is 2.26 bits per heavy atom. The zero-order valence-corrected chi connectivity index (χ0v) is 11.8. The van der Waals surface area contributed by atoms with Crippen molar-refractivity contribution in [2.45, 2.75) is 24.4 Å². The van der Waals surface area contributed by atoms with Crippen molar-refractivity contribution in [1.82, 2.24) is 10.6 Å². The Labute approximate surface area is 128 Å². The van der Waals surface area contributed by atoms with Gasteiger partial charge in [0.2, 0.25) is 0 Å². The van der Waals surface area contributed by atoms with E-state index in [4.69, 9.17) is 5.73 Å². The van der Waals surface area contributed by atoms with Crippen molar-refractivity contribution in [3.8, 4) is 0 Å². The van der Waals surface area contributed by atoms with Crippen molar-refractivity contribution in [2.24, 2.45) is 5.73 Å². The van der Waals surface area contributed by atoms with Gasteiger partial charge in [-0.2, -0.15) is 22.0 Å². The second-order valence-electron chi connectivity index (χ2n) is 4.73. The minimum absolute atomic E-state index is 0.546. The molecule has 0 spiro atoms. The molecule has 1 aromatic carbocycles. The van der Waals surface area contributed by atoms with Crippen LogP contribution in [0.3, 0.4) is 0 Å². The molecule has 1 aromatic rings. The van der Waals surface area contributed by atoms with Crippen LogP contribution in [0.25, 0.3) is 0 Å². The summed E-state index contributed by atoms with van der Waals surface area (Å²) < 4.78 is 62.7. The maximum atomic E-state index is 13.5. The molecule has 130 valence electrons. The quantitative estimate of drug-likeness (QED) is 0.439. The fourth-order valence-corrected chi connectivity index (χ4v) is 1.59. The minimum Gasteiger partial charge on any atom is -0.385 e. The first-order chi connectivity index (χ1) is 10.5. The number of halogens is 5. The lowest BCUT2D eigenvalue weighted by molar-refractivity contribution is -0.169. The fourth-order valence-electron chi connectivity index (χ4n) is 1.59. The summed E-state index contributed by atoms with van der Waals surface area (Å²) in [4.78, 5) is 11.1. The number of nitrogens with two attached hydrogens (primary N) is 1. The minimum atomic E-state index is -4.83. The van der Waals surface area contributed by atoms with Gasteiger partial charge in [0.15, 0.2) is 0 Å². The Morgan fingerprint density at radius 2 is 1.74 bits per heavy atom. The van der Waals surface area contributed by atoms with E-state index in [-0.39, 0.29) is 0 Å². The van der Waals surface area contributed by atoms with Gasteiger partial charge in [-0.3, -0.25) is 10.1 Å². The molecule has 5 N–H and O–H groups in total. The lowest BCUT2D eigenvalue weighted by Crippen LogP contribution is -2.53. The van der Waals surface area contributed by atoms with Gasteiger partial charge in [-0.15, -0.1) is 0 Å². The first-order valence-electron chi connectivity index (χ1n) is 6.49. The summed E-state index contributed by atoms with van der Waals surface area (Å²) >= 11 is 0. The van der Waals surface area contributed by atoms with Crippen LogP contribution in [-0.4, -0.2) is 42.3 Å². The maximum absolute atomic E-state index is 13.5. The number of aliphatic hydroxyl groups is 1. The smallest absolute Gasteiger partial charge is 0.385 e. The van der Waals surface area contributed by atoms with E-state index in [9.17, 15) is 31.9 Å². The molecule has 0 saturated carbocycles. The molecule has 0 fully saturated rings. The zero-order valence-electron chi connectivity index (χ0n) is 11.8. The van der Waals surface area contributed by atoms with Crippen LogP contribution in [0.4, 0.5) is 22.0 Å². The highest BCUT2D eigenvalue weighted by Crippen LogP contribution is 2.20. The van der Waals surface area contributed by atoms with E-state index in [1.807, 2.05) is 0 Å². The SMILES string of the molecule is NC(NCC(O)C(F)(F)C(=O)NCC(F)(F)F)c1ccccc1. The molecule has 0 saturated heterocycles. The average molecular weight is 341 g/mol.